The van der Waals surface area contributed by atoms with Crippen molar-refractivity contribution in [2.45, 2.75) is 57.5 Å². The molecule has 6 N–H and O–H groups in total. The summed E-state index contributed by atoms with van der Waals surface area (Å²) in [6, 6.07) is -0.659. The fourth-order valence-corrected chi connectivity index (χ4v) is 2.03. The minimum Gasteiger partial charge on any atom is -0.345 e. The molecule has 0 aliphatic carbocycles. The van der Waals surface area contributed by atoms with Gasteiger partial charge in [-0.3, -0.25) is 4.79 Å². The van der Waals surface area contributed by atoms with E-state index in [-0.39, 0.29) is 11.9 Å². The lowest BCUT2D eigenvalue weighted by molar-refractivity contribution is -0.126. The normalized spacial score (nSPS) is 13.8. The molecular formula is C14H30N4O2. The highest BCUT2D eigenvalue weighted by molar-refractivity contribution is 5.84. The molecule has 0 aromatic rings. The lowest BCUT2D eigenvalue weighted by Crippen LogP contribution is -2.48. The topological polar surface area (TPSA) is 110 Å². The Hall–Kier alpha value is -0.980. The summed E-state index contributed by atoms with van der Waals surface area (Å²) in [5.41, 5.74) is 10.9. The summed E-state index contributed by atoms with van der Waals surface area (Å²) in [6.45, 7) is 3.93. The SMILES string of the molecule is CCN[C@@H](CCCCN)C(=O)N[C@@H](C=O)CCCCN. The van der Waals surface area contributed by atoms with Crippen molar-refractivity contribution in [2.24, 2.45) is 11.5 Å². The zero-order valence-corrected chi connectivity index (χ0v) is 12.6. The van der Waals surface area contributed by atoms with Gasteiger partial charge in [0.1, 0.15) is 6.29 Å². The first-order valence-corrected chi connectivity index (χ1v) is 7.58. The molecule has 0 fully saturated rings. The van der Waals surface area contributed by atoms with Crippen LogP contribution in [0.25, 0.3) is 0 Å². The van der Waals surface area contributed by atoms with Crippen molar-refractivity contribution in [3.63, 3.8) is 0 Å². The van der Waals surface area contributed by atoms with Gasteiger partial charge in [-0.25, -0.2) is 0 Å². The Morgan fingerprint density at radius 3 is 2.20 bits per heavy atom. The summed E-state index contributed by atoms with van der Waals surface area (Å²) in [4.78, 5) is 23.1. The van der Waals surface area contributed by atoms with Gasteiger partial charge in [0.15, 0.2) is 0 Å². The molecule has 0 saturated heterocycles. The molecule has 0 saturated carbocycles. The van der Waals surface area contributed by atoms with Crippen LogP contribution < -0.4 is 22.1 Å². The van der Waals surface area contributed by atoms with E-state index in [0.717, 1.165) is 44.9 Å². The zero-order chi connectivity index (χ0) is 15.2. The maximum absolute atomic E-state index is 12.1. The van der Waals surface area contributed by atoms with E-state index in [9.17, 15) is 9.59 Å². The van der Waals surface area contributed by atoms with Crippen LogP contribution in [0.4, 0.5) is 0 Å². The van der Waals surface area contributed by atoms with Gasteiger partial charge in [-0.1, -0.05) is 13.3 Å². The summed E-state index contributed by atoms with van der Waals surface area (Å²) in [7, 11) is 0. The smallest absolute Gasteiger partial charge is 0.237 e. The molecule has 2 atom stereocenters. The third kappa shape index (κ3) is 9.01. The summed E-state index contributed by atoms with van der Waals surface area (Å²) >= 11 is 0. The molecule has 0 aliphatic heterocycles. The van der Waals surface area contributed by atoms with Crippen LogP contribution in [-0.2, 0) is 9.59 Å². The van der Waals surface area contributed by atoms with Crippen LogP contribution >= 0.6 is 0 Å². The Labute approximate surface area is 122 Å². The quantitative estimate of drug-likeness (QED) is 0.279. The molecule has 0 aromatic heterocycles. The number of amides is 1. The molecule has 0 spiro atoms. The monoisotopic (exact) mass is 286 g/mol. The highest BCUT2D eigenvalue weighted by Gasteiger charge is 2.19. The maximum atomic E-state index is 12.1. The number of likely N-dealkylation sites (N-methyl/N-ethyl adjacent to an activating group) is 1. The molecular weight excluding hydrogens is 256 g/mol. The van der Waals surface area contributed by atoms with Crippen molar-refractivity contribution < 1.29 is 9.59 Å². The second kappa shape index (κ2) is 13.0. The van der Waals surface area contributed by atoms with E-state index < -0.39 is 6.04 Å². The highest BCUT2D eigenvalue weighted by atomic mass is 16.2. The van der Waals surface area contributed by atoms with Gasteiger partial charge in [-0.15, -0.1) is 0 Å². The minimum absolute atomic E-state index is 0.103. The molecule has 0 heterocycles. The fraction of sp³-hybridized carbons (Fsp3) is 0.857. The number of unbranched alkanes of at least 4 members (excludes halogenated alkanes) is 2. The molecule has 6 nitrogen and oxygen atoms in total. The van der Waals surface area contributed by atoms with Crippen molar-refractivity contribution in [1.29, 1.82) is 0 Å². The van der Waals surface area contributed by atoms with E-state index in [1.807, 2.05) is 6.92 Å². The molecule has 0 bridgehead atoms. The van der Waals surface area contributed by atoms with Crippen LogP contribution in [0.2, 0.25) is 0 Å². The number of aldehydes is 1. The van der Waals surface area contributed by atoms with E-state index in [4.69, 9.17) is 11.5 Å². The molecule has 0 unspecified atom stereocenters. The average Bonchev–Trinajstić information content (AvgIpc) is 2.45. The number of carbonyl (C=O) groups excluding carboxylic acids is 2. The first kappa shape index (κ1) is 19.0. The first-order valence-electron chi connectivity index (χ1n) is 7.58. The van der Waals surface area contributed by atoms with E-state index in [1.54, 1.807) is 0 Å². The third-order valence-corrected chi connectivity index (χ3v) is 3.18. The van der Waals surface area contributed by atoms with Gasteiger partial charge in [0.05, 0.1) is 12.1 Å². The molecule has 1 amide bonds. The van der Waals surface area contributed by atoms with Gasteiger partial charge in [-0.2, -0.15) is 0 Å². The predicted molar refractivity (Wildman–Crippen MR) is 81.3 cm³/mol. The predicted octanol–water partition coefficient (Wildman–Crippen LogP) is -0.0938. The molecule has 0 rings (SSSR count). The second-order valence-electron chi connectivity index (χ2n) is 4.93. The van der Waals surface area contributed by atoms with Crippen LogP contribution in [0.1, 0.15) is 45.4 Å². The number of nitrogens with two attached hydrogens (primary N) is 2. The third-order valence-electron chi connectivity index (χ3n) is 3.18. The number of nitrogens with one attached hydrogen (secondary N) is 2. The van der Waals surface area contributed by atoms with Crippen molar-refractivity contribution in [2.75, 3.05) is 19.6 Å². The maximum Gasteiger partial charge on any atom is 0.237 e. The van der Waals surface area contributed by atoms with E-state index in [1.165, 1.54) is 0 Å². The van der Waals surface area contributed by atoms with Crippen LogP contribution in [0.5, 0.6) is 0 Å². The largest absolute Gasteiger partial charge is 0.345 e. The number of hydrogen-bond donors (Lipinski definition) is 4. The van der Waals surface area contributed by atoms with Gasteiger partial charge in [0.25, 0.3) is 0 Å². The first-order chi connectivity index (χ1) is 9.69. The van der Waals surface area contributed by atoms with Crippen molar-refractivity contribution in [3.05, 3.63) is 0 Å². The van der Waals surface area contributed by atoms with Crippen LogP contribution in [0.15, 0.2) is 0 Å². The summed E-state index contributed by atoms with van der Waals surface area (Å²) in [6.07, 6.45) is 5.71. The lowest BCUT2D eigenvalue weighted by atomic mass is 10.1. The van der Waals surface area contributed by atoms with Crippen LogP contribution in [-0.4, -0.2) is 43.9 Å². The molecule has 0 aromatic carbocycles. The molecule has 0 radical (unpaired) electrons. The minimum atomic E-state index is -0.412. The summed E-state index contributed by atoms with van der Waals surface area (Å²) in [5.74, 6) is -0.103. The lowest BCUT2D eigenvalue weighted by Gasteiger charge is -2.20. The van der Waals surface area contributed by atoms with E-state index >= 15 is 0 Å². The Balaban J connectivity index is 4.21. The second-order valence-corrected chi connectivity index (χ2v) is 4.93. The molecule has 6 heteroatoms. The van der Waals surface area contributed by atoms with Gasteiger partial charge in [0, 0.05) is 0 Å². The van der Waals surface area contributed by atoms with Gasteiger partial charge in [-0.05, 0) is 51.7 Å². The standard InChI is InChI=1S/C14H30N4O2/c1-2-17-13(8-4-6-10-16)14(20)18-12(11-19)7-3-5-9-15/h11-13,17H,2-10,15-16H2,1H3,(H,18,20)/t12-,13+/m1/s1. The van der Waals surface area contributed by atoms with Gasteiger partial charge in [0.2, 0.25) is 5.91 Å². The number of carbonyl (C=O) groups is 2. The molecule has 118 valence electrons. The Morgan fingerprint density at radius 2 is 1.70 bits per heavy atom. The van der Waals surface area contributed by atoms with E-state index in [0.29, 0.717) is 19.5 Å². The van der Waals surface area contributed by atoms with Crippen molar-refractivity contribution in [3.8, 4) is 0 Å². The van der Waals surface area contributed by atoms with Gasteiger partial charge < -0.3 is 26.9 Å². The molecule has 0 aliphatic rings. The average molecular weight is 286 g/mol. The zero-order valence-electron chi connectivity index (χ0n) is 12.6. The highest BCUT2D eigenvalue weighted by Crippen LogP contribution is 2.03. The Morgan fingerprint density at radius 1 is 1.10 bits per heavy atom. The van der Waals surface area contributed by atoms with Crippen molar-refractivity contribution >= 4 is 12.2 Å². The fourth-order valence-electron chi connectivity index (χ4n) is 2.03. The van der Waals surface area contributed by atoms with Gasteiger partial charge >= 0.3 is 0 Å². The molecule has 20 heavy (non-hydrogen) atoms. The van der Waals surface area contributed by atoms with Crippen LogP contribution in [0.3, 0.4) is 0 Å². The number of hydrogen-bond acceptors (Lipinski definition) is 5. The van der Waals surface area contributed by atoms with E-state index in [2.05, 4.69) is 10.6 Å². The Bertz CT molecular complexity index is 262. The van der Waals surface area contributed by atoms with Crippen LogP contribution in [0, 0.1) is 0 Å². The Kier molecular flexibility index (Phi) is 12.4. The summed E-state index contributed by atoms with van der Waals surface area (Å²) in [5, 5.41) is 5.95. The number of rotatable bonds is 13. The van der Waals surface area contributed by atoms with Crippen molar-refractivity contribution in [1.82, 2.24) is 10.6 Å². The summed E-state index contributed by atoms with van der Waals surface area (Å²) < 4.78 is 0.